The maximum atomic E-state index is 11.2. The fraction of sp³-hybridized carbons (Fsp3) is 0.889. The Labute approximate surface area is 88.3 Å². The minimum absolute atomic E-state index is 0.126. The molecule has 1 aliphatic carbocycles. The van der Waals surface area contributed by atoms with E-state index < -0.39 is 11.5 Å². The molecule has 1 saturated carbocycles. The van der Waals surface area contributed by atoms with Gasteiger partial charge in [-0.3, -0.25) is 4.79 Å². The molecular weight excluding hydrogens is 196 g/mol. The molecule has 2 unspecified atom stereocenters. The molecule has 0 amide bonds. The second kappa shape index (κ2) is 5.00. The second-order valence-electron chi connectivity index (χ2n) is 3.95. The van der Waals surface area contributed by atoms with Crippen LogP contribution in [-0.2, 0) is 4.79 Å². The maximum absolute atomic E-state index is 11.2. The van der Waals surface area contributed by atoms with Gasteiger partial charge in [-0.15, -0.1) is 0 Å². The predicted molar refractivity (Wildman–Crippen MR) is 55.4 cm³/mol. The molecule has 0 aromatic rings. The Morgan fingerprint density at radius 2 is 2.53 bits per heavy atom. The lowest BCUT2D eigenvalue weighted by Gasteiger charge is -2.30. The quantitative estimate of drug-likeness (QED) is 0.313. The lowest BCUT2D eigenvalue weighted by molar-refractivity contribution is -0.146. The topological polar surface area (TPSA) is 98.1 Å². The van der Waals surface area contributed by atoms with E-state index in [-0.39, 0.29) is 12.5 Å². The van der Waals surface area contributed by atoms with E-state index in [9.17, 15) is 9.90 Å². The molecule has 0 heterocycles. The third-order valence-electron chi connectivity index (χ3n) is 3.15. The van der Waals surface area contributed by atoms with Gasteiger partial charge < -0.3 is 10.4 Å². The van der Waals surface area contributed by atoms with Gasteiger partial charge in [0.25, 0.3) is 0 Å². The molecule has 0 spiro atoms. The summed E-state index contributed by atoms with van der Waals surface area (Å²) in [7, 11) is 0. The molecule has 1 fully saturated rings. The molecule has 84 valence electrons. The summed E-state index contributed by atoms with van der Waals surface area (Å²) in [5.41, 5.74) is 7.28. The number of rotatable bonds is 5. The predicted octanol–water partition coefficient (Wildman–Crippen LogP) is 1.53. The first-order valence-electron chi connectivity index (χ1n) is 5.13. The van der Waals surface area contributed by atoms with E-state index in [0.29, 0.717) is 13.0 Å². The largest absolute Gasteiger partial charge is 0.480 e. The molecule has 1 rings (SSSR count). The van der Waals surface area contributed by atoms with Crippen molar-refractivity contribution in [1.29, 1.82) is 0 Å². The van der Waals surface area contributed by atoms with Crippen molar-refractivity contribution in [2.24, 2.45) is 11.0 Å². The van der Waals surface area contributed by atoms with Crippen molar-refractivity contribution < 1.29 is 9.90 Å². The number of azide groups is 1. The lowest BCUT2D eigenvalue weighted by atomic mass is 9.88. The molecule has 0 radical (unpaired) electrons. The number of hydrogen-bond donors (Lipinski definition) is 2. The van der Waals surface area contributed by atoms with Crippen molar-refractivity contribution in [3.8, 4) is 0 Å². The van der Waals surface area contributed by atoms with Gasteiger partial charge >= 0.3 is 5.97 Å². The van der Waals surface area contributed by atoms with Gasteiger partial charge in [0.15, 0.2) is 0 Å². The van der Waals surface area contributed by atoms with E-state index in [0.717, 1.165) is 12.8 Å². The van der Waals surface area contributed by atoms with Crippen LogP contribution in [0, 0.1) is 5.92 Å². The minimum atomic E-state index is -0.815. The van der Waals surface area contributed by atoms with Gasteiger partial charge in [-0.2, -0.15) is 0 Å². The van der Waals surface area contributed by atoms with Gasteiger partial charge in [0.05, 0.1) is 0 Å². The third kappa shape index (κ3) is 2.40. The number of nitrogens with zero attached hydrogens (tertiary/aromatic N) is 3. The Bertz CT molecular complexity index is 288. The zero-order valence-corrected chi connectivity index (χ0v) is 8.81. The molecule has 0 bridgehead atoms. The molecule has 0 aliphatic heterocycles. The first-order valence-corrected chi connectivity index (χ1v) is 5.13. The lowest BCUT2D eigenvalue weighted by Crippen LogP contribution is -2.54. The van der Waals surface area contributed by atoms with E-state index in [2.05, 4.69) is 15.3 Å². The summed E-state index contributed by atoms with van der Waals surface area (Å²) < 4.78 is 0. The molecule has 6 nitrogen and oxygen atoms in total. The molecule has 0 aromatic heterocycles. The molecule has 2 N–H and O–H groups in total. The van der Waals surface area contributed by atoms with Gasteiger partial charge in [0.2, 0.25) is 0 Å². The minimum Gasteiger partial charge on any atom is -0.480 e. The summed E-state index contributed by atoms with van der Waals surface area (Å²) >= 11 is 0. The van der Waals surface area contributed by atoms with Gasteiger partial charge in [-0.1, -0.05) is 18.5 Å². The first-order chi connectivity index (χ1) is 7.13. The zero-order valence-electron chi connectivity index (χ0n) is 8.81. The Morgan fingerprint density at radius 3 is 3.00 bits per heavy atom. The third-order valence-corrected chi connectivity index (χ3v) is 3.15. The molecule has 0 aromatic carbocycles. The van der Waals surface area contributed by atoms with Crippen LogP contribution in [0.2, 0.25) is 0 Å². The van der Waals surface area contributed by atoms with Crippen molar-refractivity contribution in [1.82, 2.24) is 5.32 Å². The average molecular weight is 212 g/mol. The highest BCUT2D eigenvalue weighted by Crippen LogP contribution is 2.35. The fourth-order valence-corrected chi connectivity index (χ4v) is 2.21. The van der Waals surface area contributed by atoms with E-state index in [4.69, 9.17) is 5.53 Å². The summed E-state index contributed by atoms with van der Waals surface area (Å²) in [4.78, 5) is 13.9. The van der Waals surface area contributed by atoms with Gasteiger partial charge in [-0.05, 0) is 24.3 Å². The Balaban J connectivity index is 2.58. The summed E-state index contributed by atoms with van der Waals surface area (Å²) in [6.45, 7) is 2.65. The number of carbonyl (C=O) groups is 1. The smallest absolute Gasteiger partial charge is 0.324 e. The molecule has 15 heavy (non-hydrogen) atoms. The Morgan fingerprint density at radius 1 is 1.80 bits per heavy atom. The molecule has 6 heteroatoms. The van der Waals surface area contributed by atoms with E-state index in [1.54, 1.807) is 0 Å². The van der Waals surface area contributed by atoms with E-state index in [1.165, 1.54) is 0 Å². The van der Waals surface area contributed by atoms with Gasteiger partial charge in [-0.25, -0.2) is 0 Å². The Kier molecular flexibility index (Phi) is 3.94. The highest BCUT2D eigenvalue weighted by atomic mass is 16.4. The molecule has 1 aliphatic rings. The van der Waals surface area contributed by atoms with Crippen molar-refractivity contribution in [2.75, 3.05) is 13.1 Å². The molecule has 0 saturated heterocycles. The van der Waals surface area contributed by atoms with Crippen molar-refractivity contribution in [3.63, 3.8) is 0 Å². The SMILES string of the molecule is CC1CCCC1(NCCN=[N+]=[N-])C(=O)O. The van der Waals surface area contributed by atoms with Crippen LogP contribution in [0.3, 0.4) is 0 Å². The van der Waals surface area contributed by atoms with Crippen LogP contribution >= 0.6 is 0 Å². The number of hydrogen-bond acceptors (Lipinski definition) is 3. The number of aliphatic carboxylic acids is 1. The molecular formula is C9H16N4O2. The van der Waals surface area contributed by atoms with Crippen LogP contribution in [0.25, 0.3) is 10.4 Å². The normalized spacial score (nSPS) is 29.8. The van der Waals surface area contributed by atoms with Crippen LogP contribution < -0.4 is 5.32 Å². The van der Waals surface area contributed by atoms with Crippen LogP contribution in [0.15, 0.2) is 5.11 Å². The van der Waals surface area contributed by atoms with Crippen molar-refractivity contribution in [2.45, 2.75) is 31.7 Å². The Hall–Kier alpha value is -1.26. The number of nitrogens with one attached hydrogen (secondary N) is 1. The van der Waals surface area contributed by atoms with Crippen LogP contribution in [0.1, 0.15) is 26.2 Å². The van der Waals surface area contributed by atoms with Crippen LogP contribution in [-0.4, -0.2) is 29.7 Å². The highest BCUT2D eigenvalue weighted by molar-refractivity contribution is 5.79. The monoisotopic (exact) mass is 212 g/mol. The second-order valence-corrected chi connectivity index (χ2v) is 3.95. The summed E-state index contributed by atoms with van der Waals surface area (Å²) in [5, 5.41) is 15.6. The highest BCUT2D eigenvalue weighted by Gasteiger charge is 2.46. The standard InChI is InChI=1S/C9H16N4O2/c1-7-3-2-4-9(7,8(14)15)11-5-6-12-13-10/h7,11H,2-6H2,1H3,(H,14,15). The van der Waals surface area contributed by atoms with E-state index >= 15 is 0 Å². The van der Waals surface area contributed by atoms with E-state index in [1.807, 2.05) is 6.92 Å². The van der Waals surface area contributed by atoms with Crippen LogP contribution in [0.5, 0.6) is 0 Å². The summed E-state index contributed by atoms with van der Waals surface area (Å²) in [6.07, 6.45) is 2.52. The van der Waals surface area contributed by atoms with Crippen LogP contribution in [0.4, 0.5) is 0 Å². The van der Waals surface area contributed by atoms with Gasteiger partial charge in [0, 0.05) is 18.0 Å². The summed E-state index contributed by atoms with van der Waals surface area (Å²) in [6, 6.07) is 0. The number of carboxylic acids is 1. The zero-order chi connectivity index (χ0) is 11.3. The maximum Gasteiger partial charge on any atom is 0.324 e. The number of carboxylic acid groups (broad SMARTS) is 1. The first kappa shape index (κ1) is 11.8. The van der Waals surface area contributed by atoms with Crippen molar-refractivity contribution >= 4 is 5.97 Å². The molecule has 2 atom stereocenters. The van der Waals surface area contributed by atoms with Gasteiger partial charge in [0.1, 0.15) is 5.54 Å². The fourth-order valence-electron chi connectivity index (χ4n) is 2.21. The summed E-state index contributed by atoms with van der Waals surface area (Å²) in [5.74, 6) is -0.672. The van der Waals surface area contributed by atoms with Crippen molar-refractivity contribution in [3.05, 3.63) is 10.4 Å². The average Bonchev–Trinajstić information content (AvgIpc) is 2.56.